The maximum absolute atomic E-state index is 5.49. The number of methoxy groups -OCH3 is 1. The van der Waals surface area contributed by atoms with E-state index >= 15 is 0 Å². The van der Waals surface area contributed by atoms with Crippen LogP contribution in [0.25, 0.3) is 0 Å². The second-order valence-corrected chi connectivity index (χ2v) is 7.26. The van der Waals surface area contributed by atoms with Crippen LogP contribution in [0.2, 0.25) is 0 Å². The zero-order valence-corrected chi connectivity index (χ0v) is 15.5. The van der Waals surface area contributed by atoms with E-state index in [9.17, 15) is 0 Å². The van der Waals surface area contributed by atoms with Crippen LogP contribution in [0.15, 0.2) is 33.3 Å². The van der Waals surface area contributed by atoms with Crippen LogP contribution in [0.5, 0.6) is 5.75 Å². The van der Waals surface area contributed by atoms with Crippen molar-refractivity contribution in [3.63, 3.8) is 0 Å². The Morgan fingerprint density at radius 2 is 2.22 bits per heavy atom. The van der Waals surface area contributed by atoms with Gasteiger partial charge in [-0.2, -0.15) is 0 Å². The molecule has 1 aromatic heterocycles. The van der Waals surface area contributed by atoms with Crippen molar-refractivity contribution in [1.29, 1.82) is 0 Å². The van der Waals surface area contributed by atoms with Gasteiger partial charge in [-0.3, -0.25) is 4.90 Å². The number of nitrogens with zero attached hydrogens (tertiary/aromatic N) is 2. The van der Waals surface area contributed by atoms with Gasteiger partial charge in [0, 0.05) is 18.5 Å². The Morgan fingerprint density at radius 3 is 2.87 bits per heavy atom. The predicted molar refractivity (Wildman–Crippen MR) is 93.7 cm³/mol. The molecule has 5 heteroatoms. The van der Waals surface area contributed by atoms with E-state index in [0.29, 0.717) is 12.0 Å². The third kappa shape index (κ3) is 3.61. The standard InChI is InChI=1S/C18H23BrN2O2/c1-12(2)18-10-15(20-23-18)16-5-4-8-21(16)11-13-6-7-17(22-3)14(19)9-13/h6-7,9-10,12,16H,4-5,8,11H2,1-3H3/t16-/m1/s1. The molecule has 1 fully saturated rings. The van der Waals surface area contributed by atoms with E-state index in [1.807, 2.05) is 6.07 Å². The molecule has 0 bridgehead atoms. The Labute approximate surface area is 145 Å². The molecule has 0 radical (unpaired) electrons. The van der Waals surface area contributed by atoms with Crippen LogP contribution in [0.4, 0.5) is 0 Å². The topological polar surface area (TPSA) is 38.5 Å². The minimum absolute atomic E-state index is 0.354. The van der Waals surface area contributed by atoms with Gasteiger partial charge in [0.1, 0.15) is 17.2 Å². The van der Waals surface area contributed by atoms with E-state index in [4.69, 9.17) is 9.26 Å². The van der Waals surface area contributed by atoms with E-state index in [1.54, 1.807) is 7.11 Å². The zero-order chi connectivity index (χ0) is 16.4. The lowest BCUT2D eigenvalue weighted by molar-refractivity contribution is 0.236. The fourth-order valence-electron chi connectivity index (χ4n) is 3.13. The van der Waals surface area contributed by atoms with Crippen LogP contribution in [-0.4, -0.2) is 23.7 Å². The minimum Gasteiger partial charge on any atom is -0.496 e. The maximum atomic E-state index is 5.49. The van der Waals surface area contributed by atoms with E-state index in [1.165, 1.54) is 12.0 Å². The lowest BCUT2D eigenvalue weighted by Crippen LogP contribution is -2.23. The lowest BCUT2D eigenvalue weighted by Gasteiger charge is -2.23. The molecule has 124 valence electrons. The first-order valence-corrected chi connectivity index (χ1v) is 8.90. The van der Waals surface area contributed by atoms with Crippen molar-refractivity contribution in [3.05, 3.63) is 45.8 Å². The number of benzene rings is 1. The van der Waals surface area contributed by atoms with Gasteiger partial charge in [-0.1, -0.05) is 25.1 Å². The fourth-order valence-corrected chi connectivity index (χ4v) is 3.71. The van der Waals surface area contributed by atoms with Crippen molar-refractivity contribution in [3.8, 4) is 5.75 Å². The van der Waals surface area contributed by atoms with Gasteiger partial charge in [-0.15, -0.1) is 0 Å². The summed E-state index contributed by atoms with van der Waals surface area (Å²) in [5.74, 6) is 2.22. The van der Waals surface area contributed by atoms with Crippen LogP contribution >= 0.6 is 15.9 Å². The van der Waals surface area contributed by atoms with E-state index in [2.05, 4.69) is 58.0 Å². The monoisotopic (exact) mass is 378 g/mol. The van der Waals surface area contributed by atoms with Crippen molar-refractivity contribution >= 4 is 15.9 Å². The molecule has 23 heavy (non-hydrogen) atoms. The molecule has 0 spiro atoms. The summed E-state index contributed by atoms with van der Waals surface area (Å²) in [6, 6.07) is 8.75. The Bertz CT molecular complexity index is 669. The molecule has 1 atom stereocenters. The van der Waals surface area contributed by atoms with Crippen LogP contribution < -0.4 is 4.74 Å². The summed E-state index contributed by atoms with van der Waals surface area (Å²) in [5, 5.41) is 4.31. The van der Waals surface area contributed by atoms with Crippen LogP contribution in [0.1, 0.15) is 55.7 Å². The van der Waals surface area contributed by atoms with Crippen LogP contribution in [0.3, 0.4) is 0 Å². The first-order chi connectivity index (χ1) is 11.1. The van der Waals surface area contributed by atoms with Gasteiger partial charge in [-0.05, 0) is 53.0 Å². The molecule has 0 aliphatic carbocycles. The number of aromatic nitrogens is 1. The van der Waals surface area contributed by atoms with Gasteiger partial charge in [0.2, 0.25) is 0 Å². The van der Waals surface area contributed by atoms with Gasteiger partial charge >= 0.3 is 0 Å². The summed E-state index contributed by atoms with van der Waals surface area (Å²) in [4.78, 5) is 2.48. The van der Waals surface area contributed by atoms with Gasteiger partial charge < -0.3 is 9.26 Å². The molecule has 1 aromatic carbocycles. The summed E-state index contributed by atoms with van der Waals surface area (Å²) in [5.41, 5.74) is 2.34. The average Bonchev–Trinajstić information content (AvgIpc) is 3.16. The summed E-state index contributed by atoms with van der Waals surface area (Å²) in [7, 11) is 1.69. The molecule has 1 aliphatic heterocycles. The minimum atomic E-state index is 0.354. The van der Waals surface area contributed by atoms with Crippen molar-refractivity contribution in [2.24, 2.45) is 0 Å². The first kappa shape index (κ1) is 16.5. The largest absolute Gasteiger partial charge is 0.496 e. The van der Waals surface area contributed by atoms with Crippen molar-refractivity contribution in [2.45, 2.75) is 45.2 Å². The molecule has 3 rings (SSSR count). The molecule has 0 N–H and O–H groups in total. The third-order valence-electron chi connectivity index (χ3n) is 4.42. The molecule has 0 unspecified atom stereocenters. The maximum Gasteiger partial charge on any atom is 0.139 e. The summed E-state index contributed by atoms with van der Waals surface area (Å²) in [6.07, 6.45) is 2.34. The molecule has 0 saturated carbocycles. The van der Waals surface area contributed by atoms with Gasteiger partial charge in [0.05, 0.1) is 17.6 Å². The van der Waals surface area contributed by atoms with E-state index < -0.39 is 0 Å². The van der Waals surface area contributed by atoms with Crippen molar-refractivity contribution < 1.29 is 9.26 Å². The second-order valence-electron chi connectivity index (χ2n) is 6.41. The second kappa shape index (κ2) is 7.05. The Balaban J connectivity index is 1.75. The highest BCUT2D eigenvalue weighted by atomic mass is 79.9. The highest BCUT2D eigenvalue weighted by molar-refractivity contribution is 9.10. The number of halogens is 1. The number of hydrogen-bond donors (Lipinski definition) is 0. The molecular formula is C18H23BrN2O2. The molecular weight excluding hydrogens is 356 g/mol. The predicted octanol–water partition coefficient (Wildman–Crippen LogP) is 4.91. The summed E-state index contributed by atoms with van der Waals surface area (Å²) < 4.78 is 11.8. The number of likely N-dealkylation sites (tertiary alicyclic amines) is 1. The molecule has 2 aromatic rings. The Morgan fingerprint density at radius 1 is 1.39 bits per heavy atom. The number of hydrogen-bond acceptors (Lipinski definition) is 4. The normalized spacial score (nSPS) is 18.7. The van der Waals surface area contributed by atoms with Gasteiger partial charge in [0.25, 0.3) is 0 Å². The smallest absolute Gasteiger partial charge is 0.139 e. The fraction of sp³-hybridized carbons (Fsp3) is 0.500. The number of ether oxygens (including phenoxy) is 1. The molecule has 2 heterocycles. The van der Waals surface area contributed by atoms with Crippen LogP contribution in [0, 0.1) is 0 Å². The quantitative estimate of drug-likeness (QED) is 0.740. The lowest BCUT2D eigenvalue weighted by atomic mass is 10.1. The first-order valence-electron chi connectivity index (χ1n) is 8.11. The SMILES string of the molecule is COc1ccc(CN2CCC[C@@H]2c2cc(C(C)C)on2)cc1Br. The molecule has 1 saturated heterocycles. The summed E-state index contributed by atoms with van der Waals surface area (Å²) >= 11 is 3.57. The van der Waals surface area contributed by atoms with Crippen LogP contribution in [-0.2, 0) is 6.54 Å². The molecule has 0 amide bonds. The molecule has 4 nitrogen and oxygen atoms in total. The van der Waals surface area contributed by atoms with Gasteiger partial charge in [0.15, 0.2) is 0 Å². The Kier molecular flexibility index (Phi) is 5.07. The van der Waals surface area contributed by atoms with Crippen molar-refractivity contribution in [2.75, 3.05) is 13.7 Å². The van der Waals surface area contributed by atoms with E-state index in [0.717, 1.165) is 41.2 Å². The van der Waals surface area contributed by atoms with Gasteiger partial charge in [-0.25, -0.2) is 0 Å². The van der Waals surface area contributed by atoms with E-state index in [-0.39, 0.29) is 0 Å². The third-order valence-corrected chi connectivity index (χ3v) is 5.04. The highest BCUT2D eigenvalue weighted by Crippen LogP contribution is 2.34. The molecule has 1 aliphatic rings. The highest BCUT2D eigenvalue weighted by Gasteiger charge is 2.29. The zero-order valence-electron chi connectivity index (χ0n) is 13.9. The Hall–Kier alpha value is -1.33. The average molecular weight is 379 g/mol. The summed E-state index contributed by atoms with van der Waals surface area (Å²) in [6.45, 7) is 6.27. The number of rotatable bonds is 5. The van der Waals surface area contributed by atoms with Crippen molar-refractivity contribution in [1.82, 2.24) is 10.1 Å².